The highest BCUT2D eigenvalue weighted by Gasteiger charge is 2.15. The lowest BCUT2D eigenvalue weighted by Crippen LogP contribution is -2.28. The first-order valence-electron chi connectivity index (χ1n) is 8.71. The van der Waals surface area contributed by atoms with E-state index in [4.69, 9.17) is 0 Å². The number of aromatic nitrogens is 3. The van der Waals surface area contributed by atoms with Crippen LogP contribution in [-0.2, 0) is 0 Å². The van der Waals surface area contributed by atoms with Gasteiger partial charge in [-0.25, -0.2) is 4.68 Å². The molecule has 24 heavy (non-hydrogen) atoms. The van der Waals surface area contributed by atoms with Crippen LogP contribution in [0.2, 0.25) is 0 Å². The van der Waals surface area contributed by atoms with Crippen molar-refractivity contribution >= 4 is 5.91 Å². The third-order valence-corrected chi connectivity index (χ3v) is 4.56. The summed E-state index contributed by atoms with van der Waals surface area (Å²) >= 11 is 0. The van der Waals surface area contributed by atoms with Crippen LogP contribution in [0, 0.1) is 0 Å². The van der Waals surface area contributed by atoms with Crippen molar-refractivity contribution in [2.75, 3.05) is 26.2 Å². The zero-order chi connectivity index (χ0) is 16.8. The first-order chi connectivity index (χ1) is 11.7. The maximum atomic E-state index is 12.2. The summed E-state index contributed by atoms with van der Waals surface area (Å²) in [6, 6.07) is 10.1. The van der Waals surface area contributed by atoms with Crippen molar-refractivity contribution in [3.05, 3.63) is 47.8 Å². The van der Waals surface area contributed by atoms with Gasteiger partial charge in [0.2, 0.25) is 0 Å². The fraction of sp³-hybridized carbons (Fsp3) is 0.500. The third kappa shape index (κ3) is 4.20. The lowest BCUT2D eigenvalue weighted by Gasteiger charge is -2.13. The minimum absolute atomic E-state index is 0.0513. The van der Waals surface area contributed by atoms with Crippen molar-refractivity contribution in [1.29, 1.82) is 0 Å². The summed E-state index contributed by atoms with van der Waals surface area (Å²) in [6.45, 7) is 6.16. The topological polar surface area (TPSA) is 63.1 Å². The monoisotopic (exact) mass is 327 g/mol. The van der Waals surface area contributed by atoms with Crippen molar-refractivity contribution in [3.63, 3.8) is 0 Å². The highest BCUT2D eigenvalue weighted by molar-refractivity contribution is 5.91. The summed E-state index contributed by atoms with van der Waals surface area (Å²) in [4.78, 5) is 14.6. The minimum atomic E-state index is -0.150. The summed E-state index contributed by atoms with van der Waals surface area (Å²) in [5.41, 5.74) is 1.51. The second-order valence-electron chi connectivity index (χ2n) is 6.33. The summed E-state index contributed by atoms with van der Waals surface area (Å²) in [5.74, 6) is -0.150. The van der Waals surface area contributed by atoms with Gasteiger partial charge in [-0.3, -0.25) is 4.79 Å². The van der Waals surface area contributed by atoms with Crippen molar-refractivity contribution in [2.45, 2.75) is 32.2 Å². The van der Waals surface area contributed by atoms with E-state index in [1.807, 2.05) is 37.3 Å². The third-order valence-electron chi connectivity index (χ3n) is 4.56. The molecule has 6 heteroatoms. The van der Waals surface area contributed by atoms with Gasteiger partial charge in [0.15, 0.2) is 5.69 Å². The second-order valence-corrected chi connectivity index (χ2v) is 6.33. The first kappa shape index (κ1) is 16.6. The van der Waals surface area contributed by atoms with Crippen LogP contribution >= 0.6 is 0 Å². The number of nitrogens with one attached hydrogen (secondary N) is 1. The molecule has 1 unspecified atom stereocenters. The van der Waals surface area contributed by atoms with E-state index in [1.54, 1.807) is 10.9 Å². The number of benzene rings is 1. The lowest BCUT2D eigenvalue weighted by atomic mass is 10.1. The van der Waals surface area contributed by atoms with Gasteiger partial charge in [-0.15, -0.1) is 5.10 Å². The van der Waals surface area contributed by atoms with Gasteiger partial charge in [0, 0.05) is 6.54 Å². The van der Waals surface area contributed by atoms with Gasteiger partial charge in [0.05, 0.1) is 12.2 Å². The van der Waals surface area contributed by atoms with Crippen molar-refractivity contribution < 1.29 is 4.79 Å². The Hall–Kier alpha value is -2.21. The highest BCUT2D eigenvalue weighted by atomic mass is 16.2. The van der Waals surface area contributed by atoms with E-state index < -0.39 is 0 Å². The summed E-state index contributed by atoms with van der Waals surface area (Å²) in [7, 11) is 0. The predicted octanol–water partition coefficient (Wildman–Crippen LogP) is 2.10. The Kier molecular flexibility index (Phi) is 5.59. The van der Waals surface area contributed by atoms with E-state index in [0.29, 0.717) is 12.2 Å². The predicted molar refractivity (Wildman–Crippen MR) is 92.9 cm³/mol. The van der Waals surface area contributed by atoms with E-state index in [1.165, 1.54) is 25.9 Å². The smallest absolute Gasteiger partial charge is 0.273 e. The highest BCUT2D eigenvalue weighted by Crippen LogP contribution is 2.16. The van der Waals surface area contributed by atoms with E-state index in [9.17, 15) is 4.79 Å². The molecule has 0 spiro atoms. The summed E-state index contributed by atoms with van der Waals surface area (Å²) in [5, 5.41) is 11.0. The number of hydrogen-bond acceptors (Lipinski definition) is 4. The Bertz CT molecular complexity index is 648. The molecule has 1 atom stereocenters. The van der Waals surface area contributed by atoms with Crippen LogP contribution in [0.1, 0.15) is 48.3 Å². The molecule has 2 aromatic rings. The van der Waals surface area contributed by atoms with Gasteiger partial charge < -0.3 is 10.2 Å². The zero-order valence-corrected chi connectivity index (χ0v) is 14.2. The van der Waals surface area contributed by atoms with Crippen molar-refractivity contribution in [1.82, 2.24) is 25.2 Å². The molecule has 1 amide bonds. The van der Waals surface area contributed by atoms with Crippen LogP contribution in [0.3, 0.4) is 0 Å². The normalized spacial score (nSPS) is 16.2. The fourth-order valence-corrected chi connectivity index (χ4v) is 3.06. The average Bonchev–Trinajstić information content (AvgIpc) is 3.30. The molecule has 1 aromatic heterocycles. The number of nitrogens with zero attached hydrogens (tertiary/aromatic N) is 4. The van der Waals surface area contributed by atoms with Crippen molar-refractivity contribution in [2.24, 2.45) is 0 Å². The fourth-order valence-electron chi connectivity index (χ4n) is 3.06. The average molecular weight is 327 g/mol. The molecular formula is C18H25N5O. The number of carbonyl (C=O) groups excluding carboxylic acids is 1. The van der Waals surface area contributed by atoms with E-state index in [2.05, 4.69) is 20.5 Å². The van der Waals surface area contributed by atoms with Gasteiger partial charge in [-0.2, -0.15) is 0 Å². The number of hydrogen-bond donors (Lipinski definition) is 1. The molecule has 1 N–H and O–H groups in total. The van der Waals surface area contributed by atoms with Crippen molar-refractivity contribution in [3.8, 4) is 0 Å². The molecule has 2 heterocycles. The van der Waals surface area contributed by atoms with Gasteiger partial charge in [-0.05, 0) is 51.4 Å². The Labute approximate surface area is 142 Å². The van der Waals surface area contributed by atoms with E-state index >= 15 is 0 Å². The van der Waals surface area contributed by atoms with Gasteiger partial charge in [0.1, 0.15) is 0 Å². The molecule has 6 nitrogen and oxygen atoms in total. The molecule has 1 aromatic carbocycles. The molecule has 0 aliphatic carbocycles. The second kappa shape index (κ2) is 8.06. The molecule has 1 aliphatic rings. The van der Waals surface area contributed by atoms with Crippen LogP contribution < -0.4 is 5.32 Å². The molecular weight excluding hydrogens is 302 g/mol. The molecule has 1 saturated heterocycles. The Morgan fingerprint density at radius 1 is 1.25 bits per heavy atom. The molecule has 0 saturated carbocycles. The van der Waals surface area contributed by atoms with E-state index in [0.717, 1.165) is 18.5 Å². The largest absolute Gasteiger partial charge is 0.351 e. The van der Waals surface area contributed by atoms with Gasteiger partial charge in [-0.1, -0.05) is 35.5 Å². The first-order valence-corrected chi connectivity index (χ1v) is 8.71. The molecule has 0 radical (unpaired) electrons. The van der Waals surface area contributed by atoms with Crippen LogP contribution in [-0.4, -0.2) is 52.0 Å². The van der Waals surface area contributed by atoms with Crippen LogP contribution in [0.15, 0.2) is 36.5 Å². The number of amides is 1. The molecule has 3 rings (SSSR count). The Balaban J connectivity index is 1.48. The Morgan fingerprint density at radius 3 is 2.75 bits per heavy atom. The zero-order valence-electron chi connectivity index (χ0n) is 14.2. The van der Waals surface area contributed by atoms with Crippen LogP contribution in [0.4, 0.5) is 0 Å². The Morgan fingerprint density at radius 2 is 2.00 bits per heavy atom. The number of rotatable bonds is 7. The molecule has 0 bridgehead atoms. The minimum Gasteiger partial charge on any atom is -0.351 e. The quantitative estimate of drug-likeness (QED) is 0.791. The maximum absolute atomic E-state index is 12.2. The van der Waals surface area contributed by atoms with Crippen LogP contribution in [0.5, 0.6) is 0 Å². The van der Waals surface area contributed by atoms with Gasteiger partial charge >= 0.3 is 0 Å². The molecule has 1 fully saturated rings. The lowest BCUT2D eigenvalue weighted by molar-refractivity contribution is 0.0947. The maximum Gasteiger partial charge on any atom is 0.273 e. The summed E-state index contributed by atoms with van der Waals surface area (Å²) in [6.07, 6.45) is 5.29. The SMILES string of the molecule is CC(c1ccccc1)n1cc(C(=O)NCCCN2CCCC2)nn1. The molecule has 1 aliphatic heterocycles. The summed E-state index contributed by atoms with van der Waals surface area (Å²) < 4.78 is 1.73. The van der Waals surface area contributed by atoms with Crippen LogP contribution in [0.25, 0.3) is 0 Å². The number of likely N-dealkylation sites (tertiary alicyclic amines) is 1. The number of carbonyl (C=O) groups is 1. The van der Waals surface area contributed by atoms with E-state index in [-0.39, 0.29) is 11.9 Å². The van der Waals surface area contributed by atoms with Gasteiger partial charge in [0.25, 0.3) is 5.91 Å². The molecule has 128 valence electrons. The standard InChI is InChI=1S/C18H25N5O/c1-15(16-8-3-2-4-9-16)23-14-17(20-21-23)18(24)19-10-7-13-22-11-5-6-12-22/h2-4,8-9,14-15H,5-7,10-13H2,1H3,(H,19,24).